The van der Waals surface area contributed by atoms with Gasteiger partial charge in [-0.15, -0.1) is 0 Å². The van der Waals surface area contributed by atoms with Crippen LogP contribution in [0.4, 0.5) is 4.39 Å². The fourth-order valence-electron chi connectivity index (χ4n) is 1.88. The van der Waals surface area contributed by atoms with Gasteiger partial charge >= 0.3 is 0 Å². The molecule has 0 bridgehead atoms. The molecule has 0 saturated carbocycles. The zero-order chi connectivity index (χ0) is 15.2. The molecular formula is C16H17ClFNO2. The van der Waals surface area contributed by atoms with Crippen molar-refractivity contribution in [2.75, 3.05) is 6.61 Å². The van der Waals surface area contributed by atoms with Gasteiger partial charge in [-0.25, -0.2) is 4.39 Å². The van der Waals surface area contributed by atoms with Crippen LogP contribution in [0.3, 0.4) is 0 Å². The van der Waals surface area contributed by atoms with E-state index in [0.29, 0.717) is 29.7 Å². The zero-order valence-corrected chi connectivity index (χ0v) is 12.5. The first-order valence-corrected chi connectivity index (χ1v) is 7.04. The molecule has 0 aliphatic heterocycles. The van der Waals surface area contributed by atoms with Crippen molar-refractivity contribution in [1.29, 1.82) is 0 Å². The van der Waals surface area contributed by atoms with Gasteiger partial charge in [-0.3, -0.25) is 0 Å². The molecule has 5 heteroatoms. The summed E-state index contributed by atoms with van der Waals surface area (Å²) in [6.45, 7) is 3.03. The highest BCUT2D eigenvalue weighted by molar-refractivity contribution is 6.32. The van der Waals surface area contributed by atoms with Crippen molar-refractivity contribution in [2.24, 2.45) is 5.73 Å². The van der Waals surface area contributed by atoms with Gasteiger partial charge in [0.15, 0.2) is 11.5 Å². The summed E-state index contributed by atoms with van der Waals surface area (Å²) in [7, 11) is 0. The van der Waals surface area contributed by atoms with Crippen molar-refractivity contribution in [3.05, 3.63) is 58.4 Å². The van der Waals surface area contributed by atoms with Gasteiger partial charge in [-0.2, -0.15) is 0 Å². The fraction of sp³-hybridized carbons (Fsp3) is 0.250. The van der Waals surface area contributed by atoms with Crippen molar-refractivity contribution in [1.82, 2.24) is 0 Å². The molecule has 0 atom stereocenters. The summed E-state index contributed by atoms with van der Waals surface area (Å²) in [5, 5.41) is 0.448. The van der Waals surface area contributed by atoms with Crippen molar-refractivity contribution >= 4 is 11.6 Å². The number of halogens is 2. The van der Waals surface area contributed by atoms with E-state index in [9.17, 15) is 4.39 Å². The van der Waals surface area contributed by atoms with Gasteiger partial charge in [0.1, 0.15) is 12.4 Å². The van der Waals surface area contributed by atoms with Crippen molar-refractivity contribution in [3.63, 3.8) is 0 Å². The third kappa shape index (κ3) is 4.09. The summed E-state index contributed by atoms with van der Waals surface area (Å²) in [6, 6.07) is 9.68. The second-order valence-corrected chi connectivity index (χ2v) is 4.86. The standard InChI is InChI=1S/C16H17ClFNO2/c1-2-20-15-8-12(9-19)7-14(17)16(15)21-10-11-3-5-13(18)6-4-11/h3-8H,2,9-10,19H2,1H3. The SMILES string of the molecule is CCOc1cc(CN)cc(Cl)c1OCc1ccc(F)cc1. The Morgan fingerprint density at radius 3 is 2.43 bits per heavy atom. The van der Waals surface area contributed by atoms with Crippen molar-refractivity contribution in [3.8, 4) is 11.5 Å². The van der Waals surface area contributed by atoms with E-state index in [2.05, 4.69) is 0 Å². The predicted octanol–water partition coefficient (Wildman–Crippen LogP) is 3.92. The smallest absolute Gasteiger partial charge is 0.180 e. The lowest BCUT2D eigenvalue weighted by atomic mass is 10.2. The average molecular weight is 310 g/mol. The van der Waals surface area contributed by atoms with E-state index in [4.69, 9.17) is 26.8 Å². The summed E-state index contributed by atoms with van der Waals surface area (Å²) >= 11 is 6.22. The van der Waals surface area contributed by atoms with Crippen LogP contribution in [-0.2, 0) is 13.2 Å². The summed E-state index contributed by atoms with van der Waals surface area (Å²) < 4.78 is 24.1. The third-order valence-corrected chi connectivity index (χ3v) is 3.18. The van der Waals surface area contributed by atoms with Crippen LogP contribution in [0.1, 0.15) is 18.1 Å². The van der Waals surface area contributed by atoms with Gasteiger partial charge in [0.2, 0.25) is 0 Å². The molecule has 0 saturated heterocycles. The van der Waals surface area contributed by atoms with Crippen molar-refractivity contribution in [2.45, 2.75) is 20.1 Å². The number of nitrogens with two attached hydrogens (primary N) is 1. The minimum Gasteiger partial charge on any atom is -0.490 e. The topological polar surface area (TPSA) is 44.5 Å². The lowest BCUT2D eigenvalue weighted by Crippen LogP contribution is -2.03. The fourth-order valence-corrected chi connectivity index (χ4v) is 2.17. The number of hydrogen-bond donors (Lipinski definition) is 1. The minimum atomic E-state index is -0.279. The van der Waals surface area contributed by atoms with Crippen molar-refractivity contribution < 1.29 is 13.9 Å². The largest absolute Gasteiger partial charge is 0.490 e. The molecule has 3 nitrogen and oxygen atoms in total. The van der Waals surface area contributed by atoms with E-state index < -0.39 is 0 Å². The van der Waals surface area contributed by atoms with E-state index in [1.807, 2.05) is 13.0 Å². The zero-order valence-electron chi connectivity index (χ0n) is 11.7. The Hall–Kier alpha value is -1.78. The predicted molar refractivity (Wildman–Crippen MR) is 81.2 cm³/mol. The van der Waals surface area contributed by atoms with Gasteiger partial charge in [-0.05, 0) is 42.3 Å². The van der Waals surface area contributed by atoms with Crippen LogP contribution in [0.25, 0.3) is 0 Å². The van der Waals surface area contributed by atoms with Crippen LogP contribution in [0.5, 0.6) is 11.5 Å². The van der Waals surface area contributed by atoms with Crippen LogP contribution in [0, 0.1) is 5.82 Å². The Balaban J connectivity index is 2.19. The Kier molecular flexibility index (Phi) is 5.42. The van der Waals surface area contributed by atoms with Crippen LogP contribution in [-0.4, -0.2) is 6.61 Å². The van der Waals surface area contributed by atoms with Crippen LogP contribution >= 0.6 is 11.6 Å². The maximum Gasteiger partial charge on any atom is 0.180 e. The maximum absolute atomic E-state index is 12.9. The molecule has 0 spiro atoms. The van der Waals surface area contributed by atoms with Crippen LogP contribution in [0.2, 0.25) is 5.02 Å². The molecule has 112 valence electrons. The molecule has 0 radical (unpaired) electrons. The molecule has 0 aliphatic carbocycles. The first-order chi connectivity index (χ1) is 10.1. The summed E-state index contributed by atoms with van der Waals surface area (Å²) in [5.41, 5.74) is 7.34. The molecule has 2 rings (SSSR count). The molecule has 21 heavy (non-hydrogen) atoms. The molecule has 0 heterocycles. The number of ether oxygens (including phenoxy) is 2. The minimum absolute atomic E-state index is 0.279. The first-order valence-electron chi connectivity index (χ1n) is 6.66. The summed E-state index contributed by atoms with van der Waals surface area (Å²) in [4.78, 5) is 0. The Morgan fingerprint density at radius 2 is 1.81 bits per heavy atom. The summed E-state index contributed by atoms with van der Waals surface area (Å²) in [5.74, 6) is 0.756. The molecule has 0 unspecified atom stereocenters. The van der Waals surface area contributed by atoms with E-state index in [-0.39, 0.29) is 12.4 Å². The van der Waals surface area contributed by atoms with E-state index in [0.717, 1.165) is 11.1 Å². The molecule has 2 aromatic carbocycles. The third-order valence-electron chi connectivity index (χ3n) is 2.90. The van der Waals surface area contributed by atoms with Gasteiger partial charge < -0.3 is 15.2 Å². The number of hydrogen-bond acceptors (Lipinski definition) is 3. The first kappa shape index (κ1) is 15.6. The Morgan fingerprint density at radius 1 is 1.10 bits per heavy atom. The normalized spacial score (nSPS) is 10.5. The van der Waals surface area contributed by atoms with Crippen LogP contribution < -0.4 is 15.2 Å². The number of benzene rings is 2. The lowest BCUT2D eigenvalue weighted by Gasteiger charge is -2.15. The van der Waals surface area contributed by atoms with E-state index in [1.54, 1.807) is 18.2 Å². The van der Waals surface area contributed by atoms with Gasteiger partial charge in [0, 0.05) is 6.54 Å². The highest BCUT2D eigenvalue weighted by Crippen LogP contribution is 2.37. The second kappa shape index (κ2) is 7.29. The molecule has 0 aliphatic rings. The Labute approximate surface area is 128 Å². The maximum atomic E-state index is 12.9. The lowest BCUT2D eigenvalue weighted by molar-refractivity contribution is 0.269. The highest BCUT2D eigenvalue weighted by atomic mass is 35.5. The Bertz CT molecular complexity index is 602. The quantitative estimate of drug-likeness (QED) is 0.879. The molecule has 0 aromatic heterocycles. The molecule has 0 amide bonds. The molecule has 2 aromatic rings. The van der Waals surface area contributed by atoms with Gasteiger partial charge in [0.05, 0.1) is 11.6 Å². The van der Waals surface area contributed by atoms with Crippen LogP contribution in [0.15, 0.2) is 36.4 Å². The number of rotatable bonds is 6. The average Bonchev–Trinajstić information content (AvgIpc) is 2.48. The molecular weight excluding hydrogens is 293 g/mol. The highest BCUT2D eigenvalue weighted by Gasteiger charge is 2.12. The molecule has 2 N–H and O–H groups in total. The second-order valence-electron chi connectivity index (χ2n) is 4.46. The van der Waals surface area contributed by atoms with E-state index >= 15 is 0 Å². The van der Waals surface area contributed by atoms with E-state index in [1.165, 1.54) is 12.1 Å². The summed E-state index contributed by atoms with van der Waals surface area (Å²) in [6.07, 6.45) is 0. The van der Waals surface area contributed by atoms with Gasteiger partial charge in [-0.1, -0.05) is 23.7 Å². The monoisotopic (exact) mass is 309 g/mol. The molecule has 0 fully saturated rings. The van der Waals surface area contributed by atoms with Gasteiger partial charge in [0.25, 0.3) is 0 Å².